The molecule has 0 spiro atoms. The van der Waals surface area contributed by atoms with Gasteiger partial charge in [-0.05, 0) is 67.2 Å². The Kier molecular flexibility index (Phi) is 4.83. The van der Waals surface area contributed by atoms with E-state index >= 15 is 0 Å². The lowest BCUT2D eigenvalue weighted by molar-refractivity contribution is -0.0138. The molecule has 2 aliphatic carbocycles. The van der Waals surface area contributed by atoms with Gasteiger partial charge in [0, 0.05) is 17.4 Å². The van der Waals surface area contributed by atoms with Crippen molar-refractivity contribution < 1.29 is 14.6 Å². The molecule has 0 amide bonds. The molecular weight excluding hydrogens is 391 g/mol. The van der Waals surface area contributed by atoms with E-state index in [4.69, 9.17) is 0 Å². The minimum Gasteiger partial charge on any atom is -0.396 e. The van der Waals surface area contributed by atoms with E-state index in [1.54, 1.807) is 12.1 Å². The van der Waals surface area contributed by atoms with Crippen LogP contribution in [0.3, 0.4) is 0 Å². The number of allylic oxidation sites excluding steroid dienone is 1. The number of rotatable bonds is 5. The SMILES string of the molecule is C[C@]12Cc3cnn(-c4ccc(F)cc4)c3C=C1CC[C@@]2(CO)CC(O)c1ccccc1. The Hall–Kier alpha value is -2.76. The Morgan fingerprint density at radius 2 is 1.87 bits per heavy atom. The molecule has 3 aromatic rings. The molecule has 0 saturated heterocycles. The summed E-state index contributed by atoms with van der Waals surface area (Å²) in [6.07, 6.45) is 6.46. The lowest BCUT2D eigenvalue weighted by Gasteiger charge is -2.46. The summed E-state index contributed by atoms with van der Waals surface area (Å²) in [5.74, 6) is -0.267. The second kappa shape index (κ2) is 7.43. The van der Waals surface area contributed by atoms with Crippen molar-refractivity contribution in [3.8, 4) is 5.69 Å². The van der Waals surface area contributed by atoms with Gasteiger partial charge in [0.2, 0.25) is 0 Å². The first kappa shape index (κ1) is 20.2. The fourth-order valence-corrected chi connectivity index (χ4v) is 5.62. The van der Waals surface area contributed by atoms with Gasteiger partial charge in [-0.25, -0.2) is 9.07 Å². The van der Waals surface area contributed by atoms with Crippen molar-refractivity contribution in [2.24, 2.45) is 10.8 Å². The van der Waals surface area contributed by atoms with Crippen molar-refractivity contribution >= 4 is 6.08 Å². The minimum absolute atomic E-state index is 0.0339. The molecule has 1 heterocycles. The predicted molar refractivity (Wildman–Crippen MR) is 118 cm³/mol. The molecule has 1 fully saturated rings. The zero-order valence-corrected chi connectivity index (χ0v) is 17.6. The number of nitrogens with zero attached hydrogens (tertiary/aromatic N) is 2. The van der Waals surface area contributed by atoms with Crippen LogP contribution in [0.2, 0.25) is 0 Å². The third-order valence-corrected chi connectivity index (χ3v) is 7.64. The van der Waals surface area contributed by atoms with Gasteiger partial charge >= 0.3 is 0 Å². The van der Waals surface area contributed by atoms with E-state index in [1.807, 2.05) is 41.2 Å². The molecule has 3 atom stereocenters. The highest BCUT2D eigenvalue weighted by Crippen LogP contribution is 2.62. The van der Waals surface area contributed by atoms with Gasteiger partial charge in [0.05, 0.1) is 23.7 Å². The van der Waals surface area contributed by atoms with E-state index in [-0.39, 0.29) is 17.8 Å². The summed E-state index contributed by atoms with van der Waals surface area (Å²) in [6, 6.07) is 16.0. The van der Waals surface area contributed by atoms with Crippen LogP contribution in [0.25, 0.3) is 11.8 Å². The zero-order valence-electron chi connectivity index (χ0n) is 17.6. The third-order valence-electron chi connectivity index (χ3n) is 7.64. The van der Waals surface area contributed by atoms with Gasteiger partial charge in [0.25, 0.3) is 0 Å². The number of aromatic nitrogens is 2. The van der Waals surface area contributed by atoms with Crippen LogP contribution in [0.4, 0.5) is 4.39 Å². The van der Waals surface area contributed by atoms with Crippen LogP contribution in [-0.4, -0.2) is 26.6 Å². The number of aliphatic hydroxyl groups is 2. The van der Waals surface area contributed by atoms with Gasteiger partial charge < -0.3 is 10.2 Å². The summed E-state index contributed by atoms with van der Waals surface area (Å²) < 4.78 is 15.2. The molecule has 0 aliphatic heterocycles. The molecule has 1 aromatic heterocycles. The number of hydrogen-bond donors (Lipinski definition) is 2. The number of aliphatic hydroxyl groups excluding tert-OH is 2. The van der Waals surface area contributed by atoms with Crippen molar-refractivity contribution in [3.63, 3.8) is 0 Å². The van der Waals surface area contributed by atoms with Gasteiger partial charge in [-0.1, -0.05) is 42.8 Å². The molecule has 5 rings (SSSR count). The van der Waals surface area contributed by atoms with Gasteiger partial charge in [0.1, 0.15) is 5.82 Å². The lowest BCUT2D eigenvalue weighted by atomic mass is 9.59. The standard InChI is InChI=1S/C26H27FN2O2/c1-25-14-19-16-28-29(22-9-7-21(27)8-10-22)23(19)13-20(25)11-12-26(25,17-30)15-24(31)18-5-3-2-4-6-18/h2-10,13,16,24,30-31H,11-12,14-15,17H2,1H3/t24?,25-,26-/m0/s1. The molecule has 4 nitrogen and oxygen atoms in total. The summed E-state index contributed by atoms with van der Waals surface area (Å²) in [6.45, 7) is 2.25. The third kappa shape index (κ3) is 3.15. The molecule has 5 heteroatoms. The topological polar surface area (TPSA) is 58.3 Å². The minimum atomic E-state index is -0.618. The zero-order chi connectivity index (χ0) is 21.6. The van der Waals surface area contributed by atoms with E-state index in [0.717, 1.165) is 41.8 Å². The summed E-state index contributed by atoms with van der Waals surface area (Å²) in [5.41, 5.74) is 4.50. The molecule has 0 radical (unpaired) electrons. The average molecular weight is 419 g/mol. The maximum Gasteiger partial charge on any atom is 0.123 e. The predicted octanol–water partition coefficient (Wildman–Crippen LogP) is 4.85. The summed E-state index contributed by atoms with van der Waals surface area (Å²) in [4.78, 5) is 0. The van der Waals surface area contributed by atoms with Gasteiger partial charge in [-0.15, -0.1) is 0 Å². The average Bonchev–Trinajstić information content (AvgIpc) is 3.31. The maximum absolute atomic E-state index is 13.4. The summed E-state index contributed by atoms with van der Waals surface area (Å²) in [5, 5.41) is 26.1. The van der Waals surface area contributed by atoms with Crippen molar-refractivity contribution in [1.82, 2.24) is 9.78 Å². The molecule has 2 N–H and O–H groups in total. The molecule has 31 heavy (non-hydrogen) atoms. The highest BCUT2D eigenvalue weighted by molar-refractivity contribution is 5.62. The van der Waals surface area contributed by atoms with Crippen LogP contribution in [0.5, 0.6) is 0 Å². The number of halogens is 1. The quantitative estimate of drug-likeness (QED) is 0.623. The first-order valence-corrected chi connectivity index (χ1v) is 10.8. The Morgan fingerprint density at radius 1 is 1.13 bits per heavy atom. The van der Waals surface area contributed by atoms with Gasteiger partial charge in [-0.3, -0.25) is 0 Å². The Balaban J connectivity index is 1.50. The van der Waals surface area contributed by atoms with Crippen LogP contribution in [0, 0.1) is 16.6 Å². The smallest absolute Gasteiger partial charge is 0.123 e. The van der Waals surface area contributed by atoms with Crippen molar-refractivity contribution in [2.45, 2.75) is 38.7 Å². The van der Waals surface area contributed by atoms with Crippen LogP contribution in [-0.2, 0) is 6.42 Å². The Labute approximate surface area is 181 Å². The summed E-state index contributed by atoms with van der Waals surface area (Å²) >= 11 is 0. The number of benzene rings is 2. The number of hydrogen-bond acceptors (Lipinski definition) is 3. The molecular formula is C26H27FN2O2. The molecule has 1 unspecified atom stereocenters. The van der Waals surface area contributed by atoms with Crippen molar-refractivity contribution in [1.29, 1.82) is 0 Å². The largest absolute Gasteiger partial charge is 0.396 e. The lowest BCUT2D eigenvalue weighted by Crippen LogP contribution is -2.43. The fourth-order valence-electron chi connectivity index (χ4n) is 5.62. The van der Waals surface area contributed by atoms with Crippen molar-refractivity contribution in [3.05, 3.63) is 89.0 Å². The van der Waals surface area contributed by atoms with Gasteiger partial charge in [-0.2, -0.15) is 5.10 Å². The second-order valence-corrected chi connectivity index (χ2v) is 9.19. The van der Waals surface area contributed by atoms with E-state index < -0.39 is 11.5 Å². The van der Waals surface area contributed by atoms with Crippen LogP contribution >= 0.6 is 0 Å². The Morgan fingerprint density at radius 3 is 2.58 bits per heavy atom. The molecule has 2 aromatic carbocycles. The molecule has 1 saturated carbocycles. The molecule has 2 aliphatic rings. The first-order valence-electron chi connectivity index (χ1n) is 10.8. The second-order valence-electron chi connectivity index (χ2n) is 9.19. The highest BCUT2D eigenvalue weighted by Gasteiger charge is 2.56. The van der Waals surface area contributed by atoms with Gasteiger partial charge in [0.15, 0.2) is 0 Å². The highest BCUT2D eigenvalue weighted by atomic mass is 19.1. The first-order chi connectivity index (χ1) is 15.0. The normalized spacial score (nSPS) is 25.6. The molecule has 160 valence electrons. The van der Waals surface area contributed by atoms with Crippen LogP contribution in [0.1, 0.15) is 49.1 Å². The van der Waals surface area contributed by atoms with E-state index in [2.05, 4.69) is 18.1 Å². The Bertz CT molecular complexity index is 1120. The maximum atomic E-state index is 13.4. The van der Waals surface area contributed by atoms with E-state index in [9.17, 15) is 14.6 Å². The molecule has 0 bridgehead atoms. The fraction of sp³-hybridized carbons (Fsp3) is 0.346. The van der Waals surface area contributed by atoms with E-state index in [0.29, 0.717) is 6.42 Å². The van der Waals surface area contributed by atoms with Crippen LogP contribution in [0.15, 0.2) is 66.4 Å². The van der Waals surface area contributed by atoms with E-state index in [1.165, 1.54) is 17.7 Å². The monoisotopic (exact) mass is 418 g/mol. The number of fused-ring (bicyclic) bond motifs is 2. The summed E-state index contributed by atoms with van der Waals surface area (Å²) in [7, 11) is 0. The van der Waals surface area contributed by atoms with Crippen LogP contribution < -0.4 is 0 Å². The van der Waals surface area contributed by atoms with Crippen molar-refractivity contribution in [2.75, 3.05) is 6.61 Å².